The van der Waals surface area contributed by atoms with Gasteiger partial charge in [-0.2, -0.15) is 0 Å². The molecule has 3 rings (SSSR count). The Bertz CT molecular complexity index is 928. The molecule has 122 valence electrons. The van der Waals surface area contributed by atoms with Gasteiger partial charge in [0, 0.05) is 12.3 Å². The summed E-state index contributed by atoms with van der Waals surface area (Å²) in [5, 5.41) is 18.8. The van der Waals surface area contributed by atoms with Crippen molar-refractivity contribution in [3.63, 3.8) is 0 Å². The first kappa shape index (κ1) is 15.7. The largest absolute Gasteiger partial charge is 0.465 e. The van der Waals surface area contributed by atoms with Crippen molar-refractivity contribution in [1.82, 2.24) is 20.1 Å². The molecule has 0 aliphatic rings. The minimum Gasteiger partial charge on any atom is -0.465 e. The van der Waals surface area contributed by atoms with Gasteiger partial charge in [0.05, 0.1) is 17.6 Å². The van der Waals surface area contributed by atoms with E-state index in [1.54, 1.807) is 24.3 Å². The van der Waals surface area contributed by atoms with Crippen LogP contribution in [0.5, 0.6) is 0 Å². The third kappa shape index (κ3) is 2.96. The number of nitrogens with zero attached hydrogens (tertiary/aromatic N) is 5. The van der Waals surface area contributed by atoms with Gasteiger partial charge in [0.2, 0.25) is 5.03 Å². The third-order valence-electron chi connectivity index (χ3n) is 2.96. The van der Waals surface area contributed by atoms with Crippen molar-refractivity contribution in [1.29, 1.82) is 0 Å². The molecule has 0 spiro atoms. The fraction of sp³-hybridized carbons (Fsp3) is 0.0769. The van der Waals surface area contributed by atoms with Crippen LogP contribution in [0.4, 0.5) is 5.69 Å². The first-order valence-electron chi connectivity index (χ1n) is 6.48. The molecule has 0 atom stereocenters. The molecule has 2 heterocycles. The summed E-state index contributed by atoms with van der Waals surface area (Å²) in [5.41, 5.74) is 0.799. The number of ether oxygens (including phenoxy) is 1. The lowest BCUT2D eigenvalue weighted by molar-refractivity contribution is -0.388. The number of carbonyl (C=O) groups is 1. The highest BCUT2D eigenvalue weighted by Crippen LogP contribution is 2.27. The van der Waals surface area contributed by atoms with E-state index in [0.717, 1.165) is 10.9 Å². The SMILES string of the molecule is COC(=O)c1cnc(SOn2nnc3ccccc32)c([N+](=O)[O-])c1. The van der Waals surface area contributed by atoms with Gasteiger partial charge in [-0.15, -0.1) is 5.10 Å². The fourth-order valence-corrected chi connectivity index (χ4v) is 2.40. The van der Waals surface area contributed by atoms with Crippen molar-refractivity contribution in [2.45, 2.75) is 5.03 Å². The first-order chi connectivity index (χ1) is 11.6. The summed E-state index contributed by atoms with van der Waals surface area (Å²) < 4.78 is 9.86. The maximum Gasteiger partial charge on any atom is 0.339 e. The number of nitro groups is 1. The van der Waals surface area contributed by atoms with E-state index in [1.807, 2.05) is 0 Å². The van der Waals surface area contributed by atoms with Gasteiger partial charge in [0.1, 0.15) is 11.0 Å². The predicted octanol–water partition coefficient (Wildman–Crippen LogP) is 1.66. The summed E-state index contributed by atoms with van der Waals surface area (Å²) in [5.74, 6) is -0.717. The van der Waals surface area contributed by atoms with Gasteiger partial charge in [-0.25, -0.2) is 9.78 Å². The second-order valence-corrected chi connectivity index (χ2v) is 5.11. The minimum atomic E-state index is -0.717. The molecule has 0 saturated heterocycles. The molecule has 10 nitrogen and oxygen atoms in total. The number of aromatic nitrogens is 4. The Morgan fingerprint density at radius 2 is 2.17 bits per heavy atom. The number of benzene rings is 1. The van der Waals surface area contributed by atoms with Crippen molar-refractivity contribution in [2.24, 2.45) is 0 Å². The average Bonchev–Trinajstić information content (AvgIpc) is 3.02. The smallest absolute Gasteiger partial charge is 0.339 e. The Hall–Kier alpha value is -3.21. The van der Waals surface area contributed by atoms with E-state index >= 15 is 0 Å². The summed E-state index contributed by atoms with van der Waals surface area (Å²) in [4.78, 5) is 27.0. The molecule has 0 N–H and O–H groups in total. The van der Waals surface area contributed by atoms with Gasteiger partial charge in [0.15, 0.2) is 12.0 Å². The number of pyridine rings is 1. The van der Waals surface area contributed by atoms with Gasteiger partial charge in [-0.05, 0) is 17.3 Å². The van der Waals surface area contributed by atoms with Crippen LogP contribution in [0.3, 0.4) is 0 Å². The number of hydrogen-bond acceptors (Lipinski definition) is 9. The van der Waals surface area contributed by atoms with Crippen LogP contribution in [0.2, 0.25) is 0 Å². The number of carbonyl (C=O) groups excluding carboxylic acids is 1. The van der Waals surface area contributed by atoms with Crippen molar-refractivity contribution in [2.75, 3.05) is 7.11 Å². The van der Waals surface area contributed by atoms with Crippen LogP contribution in [-0.2, 0) is 4.74 Å². The highest BCUT2D eigenvalue weighted by molar-refractivity contribution is 7.94. The van der Waals surface area contributed by atoms with Gasteiger partial charge in [0.25, 0.3) is 0 Å². The van der Waals surface area contributed by atoms with Crippen molar-refractivity contribution >= 4 is 34.7 Å². The van der Waals surface area contributed by atoms with Gasteiger partial charge < -0.3 is 9.02 Å². The molecule has 0 unspecified atom stereocenters. The summed E-state index contributed by atoms with van der Waals surface area (Å²) in [6.45, 7) is 0. The number of para-hydroxylation sites is 1. The Kier molecular flexibility index (Phi) is 4.24. The number of hydrogen-bond donors (Lipinski definition) is 0. The molecule has 3 aromatic rings. The van der Waals surface area contributed by atoms with Gasteiger partial charge in [-0.1, -0.05) is 17.0 Å². The van der Waals surface area contributed by atoms with Gasteiger partial charge in [-0.3, -0.25) is 10.1 Å². The number of methoxy groups -OCH3 is 1. The highest BCUT2D eigenvalue weighted by Gasteiger charge is 2.22. The molecule has 0 saturated carbocycles. The summed E-state index contributed by atoms with van der Waals surface area (Å²) in [6.07, 6.45) is 1.17. The topological polar surface area (TPSA) is 122 Å². The molecule has 0 amide bonds. The molecule has 1 aromatic carbocycles. The lowest BCUT2D eigenvalue weighted by Crippen LogP contribution is -2.08. The van der Waals surface area contributed by atoms with E-state index in [0.29, 0.717) is 23.1 Å². The Balaban J connectivity index is 1.87. The lowest BCUT2D eigenvalue weighted by atomic mass is 10.3. The second kappa shape index (κ2) is 6.50. The zero-order valence-electron chi connectivity index (χ0n) is 12.1. The van der Waals surface area contributed by atoms with E-state index in [1.165, 1.54) is 13.3 Å². The van der Waals surface area contributed by atoms with Crippen molar-refractivity contribution < 1.29 is 18.7 Å². The Labute approximate surface area is 138 Å². The zero-order valence-corrected chi connectivity index (χ0v) is 13.0. The Morgan fingerprint density at radius 3 is 2.92 bits per heavy atom. The maximum atomic E-state index is 11.4. The fourth-order valence-electron chi connectivity index (χ4n) is 1.84. The lowest BCUT2D eigenvalue weighted by Gasteiger charge is -2.04. The molecule has 2 aromatic heterocycles. The molecule has 0 aliphatic heterocycles. The minimum absolute atomic E-state index is 0.0280. The number of esters is 1. The Morgan fingerprint density at radius 1 is 1.38 bits per heavy atom. The third-order valence-corrected chi connectivity index (χ3v) is 3.65. The molecule has 0 fully saturated rings. The van der Waals surface area contributed by atoms with E-state index in [-0.39, 0.29) is 16.3 Å². The van der Waals surface area contributed by atoms with Crippen LogP contribution in [-0.4, -0.2) is 38.1 Å². The second-order valence-electron chi connectivity index (χ2n) is 4.41. The van der Waals surface area contributed by atoms with Gasteiger partial charge >= 0.3 is 11.7 Å². The van der Waals surface area contributed by atoms with Crippen LogP contribution in [0.1, 0.15) is 10.4 Å². The highest BCUT2D eigenvalue weighted by atomic mass is 32.2. The quantitative estimate of drug-likeness (QED) is 0.293. The summed E-state index contributed by atoms with van der Waals surface area (Å²) in [7, 11) is 1.18. The van der Waals surface area contributed by atoms with Crippen molar-refractivity contribution in [3.05, 3.63) is 52.2 Å². The van der Waals surface area contributed by atoms with Crippen LogP contribution in [0.15, 0.2) is 41.6 Å². The molecular formula is C13H9N5O5S. The van der Waals surface area contributed by atoms with Crippen LogP contribution in [0.25, 0.3) is 11.0 Å². The maximum absolute atomic E-state index is 11.4. The van der Waals surface area contributed by atoms with Crippen molar-refractivity contribution in [3.8, 4) is 0 Å². The van der Waals surface area contributed by atoms with E-state index < -0.39 is 10.9 Å². The predicted molar refractivity (Wildman–Crippen MR) is 82.2 cm³/mol. The van der Waals surface area contributed by atoms with E-state index in [4.69, 9.17) is 4.28 Å². The monoisotopic (exact) mass is 347 g/mol. The molecule has 11 heteroatoms. The van der Waals surface area contributed by atoms with E-state index in [9.17, 15) is 14.9 Å². The average molecular weight is 347 g/mol. The first-order valence-corrected chi connectivity index (χ1v) is 7.22. The van der Waals surface area contributed by atoms with Crippen LogP contribution >= 0.6 is 12.0 Å². The normalized spacial score (nSPS) is 10.5. The molecular weight excluding hydrogens is 338 g/mol. The summed E-state index contributed by atoms with van der Waals surface area (Å²) in [6, 6.07) is 8.13. The standard InChI is InChI=1S/C13H9N5O5S/c1-22-13(19)8-6-11(18(20)21)12(14-7-8)24-23-17-10-5-3-2-4-9(10)15-16-17/h2-7H,1H3. The molecule has 0 aliphatic carbocycles. The molecule has 24 heavy (non-hydrogen) atoms. The number of rotatable bonds is 5. The molecule has 0 radical (unpaired) electrons. The summed E-state index contributed by atoms with van der Waals surface area (Å²) >= 11 is 0.632. The number of fused-ring (bicyclic) bond motifs is 1. The molecule has 0 bridgehead atoms. The van der Waals surface area contributed by atoms with E-state index in [2.05, 4.69) is 20.0 Å². The van der Waals surface area contributed by atoms with Crippen LogP contribution < -0.4 is 4.28 Å². The van der Waals surface area contributed by atoms with Crippen LogP contribution in [0, 0.1) is 10.1 Å². The zero-order chi connectivity index (χ0) is 17.1.